The number of anilines is 1. The van der Waals surface area contributed by atoms with E-state index in [0.717, 1.165) is 16.3 Å². The van der Waals surface area contributed by atoms with Crippen LogP contribution in [0.5, 0.6) is 0 Å². The Morgan fingerprint density at radius 2 is 2.00 bits per heavy atom. The quantitative estimate of drug-likeness (QED) is 0.384. The highest BCUT2D eigenvalue weighted by atomic mass is 32.2. The van der Waals surface area contributed by atoms with E-state index in [1.165, 1.54) is 17.7 Å². The van der Waals surface area contributed by atoms with E-state index in [-0.39, 0.29) is 5.82 Å². The Morgan fingerprint density at radius 3 is 2.71 bits per heavy atom. The third-order valence-corrected chi connectivity index (χ3v) is 3.74. The fraction of sp³-hybridized carbons (Fsp3) is 0.188. The van der Waals surface area contributed by atoms with Gasteiger partial charge in [0.05, 0.1) is 6.54 Å². The standard InChI is InChI=1S/C16H18FN3S/c1-12-3-2-4-14(11-12)20-16(18)19-9-10-21-15-7-5-13(17)6-8-15/h2-8,11H,9-10H2,1H3,(H3,18,19,20). The Labute approximate surface area is 128 Å². The molecule has 0 spiro atoms. The number of nitrogens with zero attached hydrogens (tertiary/aromatic N) is 1. The van der Waals surface area contributed by atoms with Gasteiger partial charge in [0.25, 0.3) is 0 Å². The summed E-state index contributed by atoms with van der Waals surface area (Å²) in [6.45, 7) is 2.63. The molecule has 21 heavy (non-hydrogen) atoms. The second-order valence-electron chi connectivity index (χ2n) is 4.56. The minimum absolute atomic E-state index is 0.219. The third-order valence-electron chi connectivity index (χ3n) is 2.75. The average molecular weight is 303 g/mol. The number of aliphatic imine (C=N–C) groups is 1. The lowest BCUT2D eigenvalue weighted by Crippen LogP contribution is -2.23. The first kappa shape index (κ1) is 15.4. The van der Waals surface area contributed by atoms with E-state index in [1.807, 2.05) is 31.2 Å². The third kappa shape index (κ3) is 5.47. The largest absolute Gasteiger partial charge is 0.370 e. The number of hydrogen-bond donors (Lipinski definition) is 2. The van der Waals surface area contributed by atoms with Crippen LogP contribution in [0.1, 0.15) is 5.56 Å². The van der Waals surface area contributed by atoms with Crippen molar-refractivity contribution < 1.29 is 4.39 Å². The fourth-order valence-corrected chi connectivity index (χ4v) is 2.52. The predicted molar refractivity (Wildman–Crippen MR) is 88.4 cm³/mol. The van der Waals surface area contributed by atoms with Crippen LogP contribution in [0.25, 0.3) is 0 Å². The first-order valence-corrected chi connectivity index (χ1v) is 7.64. The van der Waals surface area contributed by atoms with Crippen LogP contribution < -0.4 is 11.1 Å². The molecule has 0 saturated heterocycles. The molecule has 2 aromatic rings. The van der Waals surface area contributed by atoms with E-state index in [9.17, 15) is 4.39 Å². The van der Waals surface area contributed by atoms with E-state index >= 15 is 0 Å². The van der Waals surface area contributed by atoms with Crippen LogP contribution >= 0.6 is 11.8 Å². The molecule has 0 heterocycles. The first-order chi connectivity index (χ1) is 10.1. The molecule has 0 amide bonds. The number of hydrogen-bond acceptors (Lipinski definition) is 2. The number of nitrogens with one attached hydrogen (secondary N) is 1. The SMILES string of the molecule is Cc1cccc(NC(N)=NCCSc2ccc(F)cc2)c1. The van der Waals surface area contributed by atoms with E-state index in [2.05, 4.69) is 10.3 Å². The van der Waals surface area contributed by atoms with Crippen LogP contribution in [0.4, 0.5) is 10.1 Å². The van der Waals surface area contributed by atoms with Crippen molar-refractivity contribution in [1.29, 1.82) is 0 Å². The molecule has 0 aliphatic rings. The first-order valence-electron chi connectivity index (χ1n) is 6.65. The zero-order valence-electron chi connectivity index (χ0n) is 11.8. The maximum atomic E-state index is 12.8. The lowest BCUT2D eigenvalue weighted by molar-refractivity contribution is 0.626. The molecule has 2 aromatic carbocycles. The van der Waals surface area contributed by atoms with Crippen molar-refractivity contribution in [2.45, 2.75) is 11.8 Å². The Kier molecular flexibility index (Phi) is 5.63. The lowest BCUT2D eigenvalue weighted by Gasteiger charge is -2.06. The summed E-state index contributed by atoms with van der Waals surface area (Å²) in [5.41, 5.74) is 7.93. The summed E-state index contributed by atoms with van der Waals surface area (Å²) in [7, 11) is 0. The van der Waals surface area contributed by atoms with Crippen LogP contribution in [-0.4, -0.2) is 18.3 Å². The molecule has 0 aliphatic carbocycles. The van der Waals surface area contributed by atoms with E-state index in [4.69, 9.17) is 5.73 Å². The molecular formula is C16H18FN3S. The Morgan fingerprint density at radius 1 is 1.24 bits per heavy atom. The minimum Gasteiger partial charge on any atom is -0.370 e. The van der Waals surface area contributed by atoms with Crippen molar-refractivity contribution in [2.24, 2.45) is 10.7 Å². The second kappa shape index (κ2) is 7.69. The molecule has 0 unspecified atom stereocenters. The van der Waals surface area contributed by atoms with Crippen molar-refractivity contribution in [3.8, 4) is 0 Å². The lowest BCUT2D eigenvalue weighted by atomic mass is 10.2. The van der Waals surface area contributed by atoms with Gasteiger partial charge in [0.2, 0.25) is 0 Å². The molecule has 5 heteroatoms. The highest BCUT2D eigenvalue weighted by Gasteiger charge is 1.97. The van der Waals surface area contributed by atoms with Gasteiger partial charge in [-0.15, -0.1) is 11.8 Å². The predicted octanol–water partition coefficient (Wildman–Crippen LogP) is 3.65. The molecule has 2 rings (SSSR count). The van der Waals surface area contributed by atoms with Gasteiger partial charge in [-0.05, 0) is 48.9 Å². The van der Waals surface area contributed by atoms with Crippen molar-refractivity contribution in [3.05, 3.63) is 59.9 Å². The molecule has 0 aliphatic heterocycles. The number of halogens is 1. The number of nitrogens with two attached hydrogens (primary N) is 1. The Hall–Kier alpha value is -2.01. The number of rotatable bonds is 5. The van der Waals surface area contributed by atoms with Crippen LogP contribution in [0.15, 0.2) is 58.4 Å². The molecule has 0 radical (unpaired) electrons. The van der Waals surface area contributed by atoms with Gasteiger partial charge in [-0.2, -0.15) is 0 Å². The van der Waals surface area contributed by atoms with Crippen molar-refractivity contribution >= 4 is 23.4 Å². The molecule has 3 N–H and O–H groups in total. The van der Waals surface area contributed by atoms with Gasteiger partial charge in [0.15, 0.2) is 5.96 Å². The number of thioether (sulfide) groups is 1. The van der Waals surface area contributed by atoms with Gasteiger partial charge >= 0.3 is 0 Å². The summed E-state index contributed by atoms with van der Waals surface area (Å²) in [6, 6.07) is 14.4. The second-order valence-corrected chi connectivity index (χ2v) is 5.73. The Bertz CT molecular complexity index is 611. The van der Waals surface area contributed by atoms with Crippen LogP contribution in [0.2, 0.25) is 0 Å². The molecule has 110 valence electrons. The van der Waals surface area contributed by atoms with E-state index in [0.29, 0.717) is 12.5 Å². The summed E-state index contributed by atoms with van der Waals surface area (Å²) >= 11 is 1.62. The normalized spacial score (nSPS) is 11.4. The van der Waals surface area contributed by atoms with Crippen LogP contribution in [-0.2, 0) is 0 Å². The van der Waals surface area contributed by atoms with Gasteiger partial charge in [-0.1, -0.05) is 12.1 Å². The summed E-state index contributed by atoms with van der Waals surface area (Å²) in [5.74, 6) is 0.978. The van der Waals surface area contributed by atoms with Gasteiger partial charge in [-0.3, -0.25) is 4.99 Å². The van der Waals surface area contributed by atoms with Gasteiger partial charge in [-0.25, -0.2) is 4.39 Å². The van der Waals surface area contributed by atoms with Gasteiger partial charge in [0.1, 0.15) is 5.82 Å². The summed E-state index contributed by atoms with van der Waals surface area (Å²) in [5, 5.41) is 3.06. The molecule has 0 atom stereocenters. The highest BCUT2D eigenvalue weighted by Crippen LogP contribution is 2.17. The summed E-state index contributed by atoms with van der Waals surface area (Å²) in [4.78, 5) is 5.29. The number of aryl methyl sites for hydroxylation is 1. The zero-order chi connectivity index (χ0) is 15.1. The zero-order valence-corrected chi connectivity index (χ0v) is 12.7. The van der Waals surface area contributed by atoms with Crippen molar-refractivity contribution in [3.63, 3.8) is 0 Å². The molecule has 0 saturated carbocycles. The van der Waals surface area contributed by atoms with Crippen molar-refractivity contribution in [1.82, 2.24) is 0 Å². The summed E-state index contributed by atoms with van der Waals surface area (Å²) < 4.78 is 12.8. The average Bonchev–Trinajstić information content (AvgIpc) is 2.45. The monoisotopic (exact) mass is 303 g/mol. The fourth-order valence-electron chi connectivity index (χ4n) is 1.77. The highest BCUT2D eigenvalue weighted by molar-refractivity contribution is 7.99. The van der Waals surface area contributed by atoms with E-state index in [1.54, 1.807) is 23.9 Å². The van der Waals surface area contributed by atoms with Crippen LogP contribution in [0.3, 0.4) is 0 Å². The van der Waals surface area contributed by atoms with Gasteiger partial charge in [0, 0.05) is 16.3 Å². The van der Waals surface area contributed by atoms with Crippen LogP contribution in [0, 0.1) is 12.7 Å². The summed E-state index contributed by atoms with van der Waals surface area (Å²) in [6.07, 6.45) is 0. The van der Waals surface area contributed by atoms with E-state index < -0.39 is 0 Å². The number of benzene rings is 2. The minimum atomic E-state index is -0.219. The molecular weight excluding hydrogens is 285 g/mol. The number of guanidine groups is 1. The molecule has 0 fully saturated rings. The van der Waals surface area contributed by atoms with Crippen molar-refractivity contribution in [2.75, 3.05) is 17.6 Å². The smallest absolute Gasteiger partial charge is 0.193 e. The molecule has 0 bridgehead atoms. The topological polar surface area (TPSA) is 50.4 Å². The maximum absolute atomic E-state index is 12.8. The molecule has 3 nitrogen and oxygen atoms in total. The maximum Gasteiger partial charge on any atom is 0.193 e. The molecule has 0 aromatic heterocycles. The van der Waals surface area contributed by atoms with Gasteiger partial charge < -0.3 is 11.1 Å². The Balaban J connectivity index is 1.77.